The molecule has 0 saturated heterocycles. The van der Waals surface area contributed by atoms with E-state index in [1.54, 1.807) is 6.07 Å². The molecule has 0 spiro atoms. The molecule has 8 heteroatoms. The third kappa shape index (κ3) is 4.43. The van der Waals surface area contributed by atoms with Gasteiger partial charge in [-0.1, -0.05) is 30.2 Å². The van der Waals surface area contributed by atoms with Gasteiger partial charge >= 0.3 is 0 Å². The molecular weight excluding hydrogens is 428 g/mol. The summed E-state index contributed by atoms with van der Waals surface area (Å²) >= 11 is 6.36. The van der Waals surface area contributed by atoms with Crippen molar-refractivity contribution in [2.75, 3.05) is 18.5 Å². The molecule has 1 amide bonds. The van der Waals surface area contributed by atoms with Gasteiger partial charge in [0.1, 0.15) is 5.82 Å². The van der Waals surface area contributed by atoms with E-state index in [1.165, 1.54) is 6.42 Å². The normalized spacial score (nSPS) is 15.4. The highest BCUT2D eigenvalue weighted by molar-refractivity contribution is 6.32. The smallest absolute Gasteiger partial charge is 0.228 e. The maximum absolute atomic E-state index is 12.7. The lowest BCUT2D eigenvalue weighted by atomic mass is 10.1. The molecule has 5 rings (SSSR count). The van der Waals surface area contributed by atoms with Crippen molar-refractivity contribution in [1.29, 1.82) is 0 Å². The summed E-state index contributed by atoms with van der Waals surface area (Å²) in [5.41, 5.74) is 2.44. The Morgan fingerprint density at radius 2 is 1.97 bits per heavy atom. The maximum atomic E-state index is 12.7. The van der Waals surface area contributed by atoms with E-state index in [-0.39, 0.29) is 12.3 Å². The summed E-state index contributed by atoms with van der Waals surface area (Å²) < 4.78 is 13.6. The van der Waals surface area contributed by atoms with E-state index in [0.717, 1.165) is 60.7 Å². The average molecular weight is 453 g/mol. The van der Waals surface area contributed by atoms with Gasteiger partial charge < -0.3 is 19.4 Å². The molecule has 0 aliphatic carbocycles. The maximum Gasteiger partial charge on any atom is 0.228 e. The summed E-state index contributed by atoms with van der Waals surface area (Å²) in [4.78, 5) is 12.7. The van der Waals surface area contributed by atoms with E-state index in [1.807, 2.05) is 30.3 Å². The number of fused-ring (bicyclic) bond motifs is 2. The predicted octanol–water partition coefficient (Wildman–Crippen LogP) is 4.67. The Balaban J connectivity index is 1.31. The number of anilines is 1. The molecule has 3 heterocycles. The molecule has 0 fully saturated rings. The van der Waals surface area contributed by atoms with Crippen molar-refractivity contribution in [2.24, 2.45) is 0 Å². The van der Waals surface area contributed by atoms with E-state index in [2.05, 4.69) is 20.1 Å². The fraction of sp³-hybridized carbons (Fsp3) is 0.375. The predicted molar refractivity (Wildman–Crippen MR) is 122 cm³/mol. The number of halogens is 1. The molecule has 0 bridgehead atoms. The Morgan fingerprint density at radius 1 is 1.06 bits per heavy atom. The highest BCUT2D eigenvalue weighted by atomic mass is 35.5. The van der Waals surface area contributed by atoms with Crippen LogP contribution in [0.5, 0.6) is 11.5 Å². The fourth-order valence-electron chi connectivity index (χ4n) is 4.21. The van der Waals surface area contributed by atoms with Crippen LogP contribution >= 0.6 is 11.6 Å². The molecular formula is C24H25ClN4O3. The SMILES string of the molecule is O=C(Cc1cc(Cl)c2c(c1)OCCCO2)Nc1cccc(-c2nnc3n2CCCCC3)c1. The number of nitrogens with zero attached hydrogens (tertiary/aromatic N) is 3. The van der Waals surface area contributed by atoms with E-state index >= 15 is 0 Å². The third-order valence-electron chi connectivity index (χ3n) is 5.74. The monoisotopic (exact) mass is 452 g/mol. The average Bonchev–Trinajstić information content (AvgIpc) is 2.94. The van der Waals surface area contributed by atoms with Gasteiger partial charge in [0.2, 0.25) is 5.91 Å². The number of hydrogen-bond acceptors (Lipinski definition) is 5. The number of nitrogens with one attached hydrogen (secondary N) is 1. The number of amides is 1. The number of carbonyl (C=O) groups is 1. The quantitative estimate of drug-likeness (QED) is 0.622. The van der Waals surface area contributed by atoms with E-state index < -0.39 is 0 Å². The molecule has 0 saturated carbocycles. The van der Waals surface area contributed by atoms with Gasteiger partial charge in [0.05, 0.1) is 24.7 Å². The van der Waals surface area contributed by atoms with E-state index in [9.17, 15) is 4.79 Å². The zero-order valence-corrected chi connectivity index (χ0v) is 18.5. The van der Waals surface area contributed by atoms with Gasteiger partial charge in [0.15, 0.2) is 17.3 Å². The summed E-state index contributed by atoms with van der Waals surface area (Å²) in [5, 5.41) is 12.2. The summed E-state index contributed by atoms with van der Waals surface area (Å²) in [7, 11) is 0. The van der Waals surface area contributed by atoms with Crippen LogP contribution in [0, 0.1) is 0 Å². The number of hydrogen-bond donors (Lipinski definition) is 1. The summed E-state index contributed by atoms with van der Waals surface area (Å²) in [5.74, 6) is 2.90. The lowest BCUT2D eigenvalue weighted by Gasteiger charge is -2.12. The minimum atomic E-state index is -0.132. The van der Waals surface area contributed by atoms with Gasteiger partial charge in [-0.15, -0.1) is 10.2 Å². The fourth-order valence-corrected chi connectivity index (χ4v) is 4.50. The highest BCUT2D eigenvalue weighted by Crippen LogP contribution is 2.38. The lowest BCUT2D eigenvalue weighted by molar-refractivity contribution is -0.115. The Hall–Kier alpha value is -3.06. The Labute approximate surface area is 191 Å². The first kappa shape index (κ1) is 20.8. The number of benzene rings is 2. The van der Waals surface area contributed by atoms with Crippen LogP contribution in [0.25, 0.3) is 11.4 Å². The second-order valence-electron chi connectivity index (χ2n) is 8.16. The van der Waals surface area contributed by atoms with Crippen molar-refractivity contribution in [3.8, 4) is 22.9 Å². The largest absolute Gasteiger partial charge is 0.489 e. The van der Waals surface area contributed by atoms with Gasteiger partial charge in [0.25, 0.3) is 0 Å². The third-order valence-corrected chi connectivity index (χ3v) is 6.02. The molecule has 0 unspecified atom stereocenters. The molecule has 2 aromatic carbocycles. The van der Waals surface area contributed by atoms with Crippen molar-refractivity contribution >= 4 is 23.2 Å². The standard InChI is InChI=1S/C24H25ClN4O3/c25-19-12-16(13-20-23(19)32-11-5-10-31-20)14-22(30)26-18-7-4-6-17(15-18)24-28-27-21-8-2-1-3-9-29(21)24/h4,6-7,12-13,15H,1-3,5,8-11,14H2,(H,26,30). The molecule has 2 aliphatic heterocycles. The van der Waals surface area contributed by atoms with Crippen molar-refractivity contribution in [2.45, 2.75) is 45.1 Å². The van der Waals surface area contributed by atoms with Crippen molar-refractivity contribution in [3.05, 3.63) is 52.8 Å². The Kier molecular flexibility index (Phi) is 5.99. The van der Waals surface area contributed by atoms with Gasteiger partial charge in [-0.05, 0) is 42.7 Å². The molecule has 0 atom stereocenters. The Morgan fingerprint density at radius 3 is 2.91 bits per heavy atom. The highest BCUT2D eigenvalue weighted by Gasteiger charge is 2.18. The zero-order valence-electron chi connectivity index (χ0n) is 17.8. The molecule has 1 aromatic heterocycles. The first-order valence-corrected chi connectivity index (χ1v) is 11.5. The number of ether oxygens (including phenoxy) is 2. The van der Waals surface area contributed by atoms with Crippen LogP contribution in [0.15, 0.2) is 36.4 Å². The van der Waals surface area contributed by atoms with Crippen molar-refractivity contribution in [1.82, 2.24) is 14.8 Å². The number of rotatable bonds is 4. The molecule has 32 heavy (non-hydrogen) atoms. The van der Waals surface area contributed by atoms with Crippen LogP contribution < -0.4 is 14.8 Å². The second kappa shape index (κ2) is 9.20. The van der Waals surface area contributed by atoms with Gasteiger partial charge in [-0.25, -0.2) is 0 Å². The minimum Gasteiger partial charge on any atom is -0.489 e. The van der Waals surface area contributed by atoms with Gasteiger partial charge in [-0.3, -0.25) is 4.79 Å². The number of carbonyl (C=O) groups excluding carboxylic acids is 1. The van der Waals surface area contributed by atoms with Crippen LogP contribution in [0.1, 0.15) is 37.1 Å². The molecule has 3 aromatic rings. The number of aryl methyl sites for hydroxylation is 1. The van der Waals surface area contributed by atoms with Crippen LogP contribution in [-0.4, -0.2) is 33.9 Å². The zero-order chi connectivity index (χ0) is 21.9. The van der Waals surface area contributed by atoms with Gasteiger partial charge in [0, 0.05) is 30.6 Å². The molecule has 2 aliphatic rings. The molecule has 7 nitrogen and oxygen atoms in total. The van der Waals surface area contributed by atoms with Crippen LogP contribution in [0.3, 0.4) is 0 Å². The lowest BCUT2D eigenvalue weighted by Crippen LogP contribution is -2.14. The van der Waals surface area contributed by atoms with E-state index in [4.69, 9.17) is 21.1 Å². The minimum absolute atomic E-state index is 0.132. The van der Waals surface area contributed by atoms with Gasteiger partial charge in [-0.2, -0.15) is 0 Å². The first-order chi connectivity index (χ1) is 15.7. The number of aromatic nitrogens is 3. The topological polar surface area (TPSA) is 78.3 Å². The Bertz CT molecular complexity index is 1140. The molecule has 166 valence electrons. The van der Waals surface area contributed by atoms with E-state index in [0.29, 0.717) is 29.7 Å². The van der Waals surface area contributed by atoms with Crippen LogP contribution in [-0.2, 0) is 24.2 Å². The summed E-state index contributed by atoms with van der Waals surface area (Å²) in [6.45, 7) is 2.06. The summed E-state index contributed by atoms with van der Waals surface area (Å²) in [6, 6.07) is 11.3. The van der Waals surface area contributed by atoms with Crippen molar-refractivity contribution in [3.63, 3.8) is 0 Å². The van der Waals surface area contributed by atoms with Crippen LogP contribution in [0.4, 0.5) is 5.69 Å². The van der Waals surface area contributed by atoms with Crippen LogP contribution in [0.2, 0.25) is 5.02 Å². The molecule has 1 N–H and O–H groups in total. The second-order valence-corrected chi connectivity index (χ2v) is 8.57. The molecule has 0 radical (unpaired) electrons. The summed E-state index contributed by atoms with van der Waals surface area (Å²) in [6.07, 6.45) is 5.43. The first-order valence-electron chi connectivity index (χ1n) is 11.1. The van der Waals surface area contributed by atoms with Crippen molar-refractivity contribution < 1.29 is 14.3 Å².